The number of hydrogen-bond donors (Lipinski definition) is 1. The minimum absolute atomic E-state index is 0.354. The van der Waals surface area contributed by atoms with Crippen molar-refractivity contribution in [1.29, 1.82) is 0 Å². The van der Waals surface area contributed by atoms with Gasteiger partial charge in [0.25, 0.3) is 0 Å². The van der Waals surface area contributed by atoms with Gasteiger partial charge in [0.1, 0.15) is 0 Å². The van der Waals surface area contributed by atoms with E-state index in [4.69, 9.17) is 5.11 Å². The standard InChI is InChI=1S/C13H28O/c1-5-6-7-8-12(9-10-14)11-13(2,3)4/h12,14H,5-11H2,1-4H3/t12-/m0/s1. The Kier molecular flexibility index (Phi) is 7.26. The molecule has 1 atom stereocenters. The van der Waals surface area contributed by atoms with E-state index in [0.717, 1.165) is 12.3 Å². The Morgan fingerprint density at radius 3 is 2.14 bits per heavy atom. The van der Waals surface area contributed by atoms with Gasteiger partial charge in [-0.3, -0.25) is 0 Å². The summed E-state index contributed by atoms with van der Waals surface area (Å²) >= 11 is 0. The van der Waals surface area contributed by atoms with E-state index in [-0.39, 0.29) is 0 Å². The van der Waals surface area contributed by atoms with E-state index in [9.17, 15) is 0 Å². The van der Waals surface area contributed by atoms with Gasteiger partial charge in [-0.2, -0.15) is 0 Å². The molecule has 0 amide bonds. The Morgan fingerprint density at radius 1 is 1.07 bits per heavy atom. The Morgan fingerprint density at radius 2 is 1.71 bits per heavy atom. The van der Waals surface area contributed by atoms with Gasteiger partial charge in [0.15, 0.2) is 0 Å². The van der Waals surface area contributed by atoms with Gasteiger partial charge < -0.3 is 5.11 Å². The summed E-state index contributed by atoms with van der Waals surface area (Å²) in [6.45, 7) is 9.46. The van der Waals surface area contributed by atoms with E-state index in [0.29, 0.717) is 12.0 Å². The van der Waals surface area contributed by atoms with Crippen molar-refractivity contribution < 1.29 is 5.11 Å². The SMILES string of the molecule is CCCCC[C@@H](CCO)CC(C)(C)C. The molecule has 0 fully saturated rings. The van der Waals surface area contributed by atoms with Gasteiger partial charge in [0, 0.05) is 6.61 Å². The third-order valence-electron chi connectivity index (χ3n) is 2.65. The van der Waals surface area contributed by atoms with Crippen molar-refractivity contribution in [1.82, 2.24) is 0 Å². The highest BCUT2D eigenvalue weighted by molar-refractivity contribution is 4.69. The van der Waals surface area contributed by atoms with Crippen LogP contribution in [0.3, 0.4) is 0 Å². The maximum atomic E-state index is 8.99. The number of unbranched alkanes of at least 4 members (excludes halogenated alkanes) is 2. The topological polar surface area (TPSA) is 20.2 Å². The number of hydrogen-bond acceptors (Lipinski definition) is 1. The first-order chi connectivity index (χ1) is 6.49. The van der Waals surface area contributed by atoms with Crippen LogP contribution in [0.5, 0.6) is 0 Å². The lowest BCUT2D eigenvalue weighted by Gasteiger charge is -2.25. The molecule has 0 saturated heterocycles. The molecule has 0 radical (unpaired) electrons. The lowest BCUT2D eigenvalue weighted by atomic mass is 9.81. The van der Waals surface area contributed by atoms with Crippen LogP contribution in [-0.2, 0) is 0 Å². The molecule has 1 nitrogen and oxygen atoms in total. The van der Waals surface area contributed by atoms with E-state index < -0.39 is 0 Å². The van der Waals surface area contributed by atoms with E-state index in [2.05, 4.69) is 27.7 Å². The smallest absolute Gasteiger partial charge is 0.0433 e. The zero-order chi connectivity index (χ0) is 11.0. The molecule has 0 spiro atoms. The van der Waals surface area contributed by atoms with Crippen molar-refractivity contribution in [3.8, 4) is 0 Å². The van der Waals surface area contributed by atoms with Crippen molar-refractivity contribution in [3.63, 3.8) is 0 Å². The molecule has 1 heteroatoms. The maximum Gasteiger partial charge on any atom is 0.0433 e. The summed E-state index contributed by atoms with van der Waals surface area (Å²) in [6, 6.07) is 0. The second-order valence-corrected chi connectivity index (χ2v) is 5.64. The molecule has 1 N–H and O–H groups in total. The fraction of sp³-hybridized carbons (Fsp3) is 1.00. The van der Waals surface area contributed by atoms with E-state index in [1.54, 1.807) is 0 Å². The molecule has 0 aliphatic rings. The van der Waals surface area contributed by atoms with Gasteiger partial charge in [-0.25, -0.2) is 0 Å². The largest absolute Gasteiger partial charge is 0.396 e. The maximum absolute atomic E-state index is 8.99. The Bertz CT molecular complexity index is 124. The molecule has 0 unspecified atom stereocenters. The van der Waals surface area contributed by atoms with E-state index in [1.807, 2.05) is 0 Å². The Labute approximate surface area is 89.9 Å². The summed E-state index contributed by atoms with van der Waals surface area (Å²) in [5, 5.41) is 8.99. The second-order valence-electron chi connectivity index (χ2n) is 5.64. The van der Waals surface area contributed by atoms with Gasteiger partial charge >= 0.3 is 0 Å². The molecule has 0 saturated carbocycles. The van der Waals surface area contributed by atoms with Crippen molar-refractivity contribution in [2.24, 2.45) is 11.3 Å². The number of rotatable bonds is 7. The van der Waals surface area contributed by atoms with Gasteiger partial charge in [-0.1, -0.05) is 53.4 Å². The summed E-state index contributed by atoms with van der Waals surface area (Å²) in [7, 11) is 0. The summed E-state index contributed by atoms with van der Waals surface area (Å²) < 4.78 is 0. The molecule has 0 heterocycles. The van der Waals surface area contributed by atoms with Crippen LogP contribution >= 0.6 is 0 Å². The highest BCUT2D eigenvalue weighted by atomic mass is 16.3. The third kappa shape index (κ3) is 8.55. The van der Waals surface area contributed by atoms with Crippen LogP contribution in [0, 0.1) is 11.3 Å². The summed E-state index contributed by atoms with van der Waals surface area (Å²) in [6.07, 6.45) is 7.49. The van der Waals surface area contributed by atoms with E-state index >= 15 is 0 Å². The van der Waals surface area contributed by atoms with Crippen LogP contribution in [0.25, 0.3) is 0 Å². The van der Waals surface area contributed by atoms with Crippen LogP contribution < -0.4 is 0 Å². The molecule has 0 aromatic heterocycles. The first kappa shape index (κ1) is 14.0. The highest BCUT2D eigenvalue weighted by Gasteiger charge is 2.17. The molecule has 0 aromatic carbocycles. The molecule has 0 aliphatic carbocycles. The van der Waals surface area contributed by atoms with Crippen molar-refractivity contribution in [2.75, 3.05) is 6.61 Å². The second kappa shape index (κ2) is 7.28. The Balaban J connectivity index is 3.77. The predicted octanol–water partition coefficient (Wildman–Crippen LogP) is 4.00. The van der Waals surface area contributed by atoms with Crippen LogP contribution in [0.15, 0.2) is 0 Å². The number of aliphatic hydroxyl groups excluding tert-OH is 1. The zero-order valence-corrected chi connectivity index (χ0v) is 10.5. The highest BCUT2D eigenvalue weighted by Crippen LogP contribution is 2.29. The monoisotopic (exact) mass is 200 g/mol. The fourth-order valence-corrected chi connectivity index (χ4v) is 2.08. The molecule has 86 valence electrons. The van der Waals surface area contributed by atoms with Gasteiger partial charge in [-0.05, 0) is 24.2 Å². The molecule has 0 aromatic rings. The fourth-order valence-electron chi connectivity index (χ4n) is 2.08. The van der Waals surface area contributed by atoms with Crippen LogP contribution in [-0.4, -0.2) is 11.7 Å². The summed E-state index contributed by atoms with van der Waals surface area (Å²) in [4.78, 5) is 0. The molecule has 0 bridgehead atoms. The van der Waals surface area contributed by atoms with Crippen LogP contribution in [0.4, 0.5) is 0 Å². The van der Waals surface area contributed by atoms with Crippen molar-refractivity contribution in [3.05, 3.63) is 0 Å². The Hall–Kier alpha value is -0.0400. The van der Waals surface area contributed by atoms with Gasteiger partial charge in [-0.15, -0.1) is 0 Å². The summed E-state index contributed by atoms with van der Waals surface area (Å²) in [5.74, 6) is 0.728. The molecule has 14 heavy (non-hydrogen) atoms. The van der Waals surface area contributed by atoms with Crippen LogP contribution in [0.1, 0.15) is 66.2 Å². The average Bonchev–Trinajstić information content (AvgIpc) is 2.02. The number of aliphatic hydroxyl groups is 1. The van der Waals surface area contributed by atoms with E-state index in [1.165, 1.54) is 32.1 Å². The van der Waals surface area contributed by atoms with Crippen molar-refractivity contribution in [2.45, 2.75) is 66.2 Å². The molecule has 0 rings (SSSR count). The lowest BCUT2D eigenvalue weighted by Crippen LogP contribution is -2.14. The normalized spacial score (nSPS) is 14.4. The quantitative estimate of drug-likeness (QED) is 0.616. The average molecular weight is 200 g/mol. The molecule has 0 aliphatic heterocycles. The molecular formula is C13H28O. The lowest BCUT2D eigenvalue weighted by molar-refractivity contribution is 0.207. The third-order valence-corrected chi connectivity index (χ3v) is 2.65. The first-order valence-corrected chi connectivity index (χ1v) is 6.10. The van der Waals surface area contributed by atoms with Gasteiger partial charge in [0.05, 0.1) is 0 Å². The minimum atomic E-state index is 0.354. The summed E-state index contributed by atoms with van der Waals surface area (Å²) in [5.41, 5.74) is 0.409. The predicted molar refractivity (Wildman–Crippen MR) is 63.4 cm³/mol. The zero-order valence-electron chi connectivity index (χ0n) is 10.5. The van der Waals surface area contributed by atoms with Crippen LogP contribution in [0.2, 0.25) is 0 Å². The van der Waals surface area contributed by atoms with Crippen molar-refractivity contribution >= 4 is 0 Å². The molecular weight excluding hydrogens is 172 g/mol. The minimum Gasteiger partial charge on any atom is -0.396 e. The first-order valence-electron chi connectivity index (χ1n) is 6.10. The van der Waals surface area contributed by atoms with Gasteiger partial charge in [0.2, 0.25) is 0 Å².